The first kappa shape index (κ1) is 16.9. The highest BCUT2D eigenvalue weighted by atomic mass is 19.1. The molecule has 0 unspecified atom stereocenters. The van der Waals surface area contributed by atoms with E-state index in [4.69, 9.17) is 9.47 Å². The van der Waals surface area contributed by atoms with Gasteiger partial charge >= 0.3 is 5.97 Å². The van der Waals surface area contributed by atoms with Crippen LogP contribution in [0.3, 0.4) is 0 Å². The highest BCUT2D eigenvalue weighted by Gasteiger charge is 2.23. The number of pyridine rings is 1. The third-order valence-corrected chi connectivity index (χ3v) is 2.90. The molecule has 1 heterocycles. The zero-order valence-corrected chi connectivity index (χ0v) is 13.7. The molecule has 2 aromatic rings. The Morgan fingerprint density at radius 2 is 1.87 bits per heavy atom. The van der Waals surface area contributed by atoms with Gasteiger partial charge < -0.3 is 9.47 Å². The Bertz CT molecular complexity index is 708. The van der Waals surface area contributed by atoms with Crippen LogP contribution in [-0.2, 0) is 4.74 Å². The topological polar surface area (TPSA) is 48.4 Å². The Morgan fingerprint density at radius 1 is 1.17 bits per heavy atom. The third-order valence-electron chi connectivity index (χ3n) is 2.90. The molecule has 1 aromatic heterocycles. The van der Waals surface area contributed by atoms with Gasteiger partial charge in [0.1, 0.15) is 11.4 Å². The van der Waals surface area contributed by atoms with Gasteiger partial charge in [-0.3, -0.25) is 0 Å². The molecule has 23 heavy (non-hydrogen) atoms. The summed E-state index contributed by atoms with van der Waals surface area (Å²) in [6.07, 6.45) is 0. The van der Waals surface area contributed by atoms with Crippen LogP contribution in [0.1, 0.15) is 38.2 Å². The van der Waals surface area contributed by atoms with Crippen molar-refractivity contribution in [3.05, 3.63) is 47.9 Å². The Labute approximate surface area is 135 Å². The maximum Gasteiger partial charge on any atom is 0.360 e. The number of nitrogens with zero attached hydrogens (tertiary/aromatic N) is 1. The van der Waals surface area contributed by atoms with Gasteiger partial charge in [0.2, 0.25) is 0 Å². The van der Waals surface area contributed by atoms with Crippen molar-refractivity contribution in [3.63, 3.8) is 0 Å². The van der Waals surface area contributed by atoms with Crippen LogP contribution in [0.25, 0.3) is 11.3 Å². The van der Waals surface area contributed by atoms with Gasteiger partial charge in [0.25, 0.3) is 0 Å². The summed E-state index contributed by atoms with van der Waals surface area (Å²) in [7, 11) is 0. The molecule has 4 nitrogen and oxygen atoms in total. The molecular weight excluding hydrogens is 297 g/mol. The predicted molar refractivity (Wildman–Crippen MR) is 86.0 cm³/mol. The van der Waals surface area contributed by atoms with Gasteiger partial charge in [0, 0.05) is 5.56 Å². The summed E-state index contributed by atoms with van der Waals surface area (Å²) in [5.41, 5.74) is 0.101. The largest absolute Gasteiger partial charge is 0.493 e. The number of aromatic nitrogens is 1. The average Bonchev–Trinajstić information content (AvgIpc) is 2.47. The summed E-state index contributed by atoms with van der Waals surface area (Å²) in [4.78, 5) is 16.3. The molecule has 1 aromatic carbocycles. The molecule has 0 bridgehead atoms. The molecule has 0 N–H and O–H groups in total. The number of benzene rings is 1. The number of carbonyl (C=O) groups excluding carboxylic acids is 1. The lowest BCUT2D eigenvalue weighted by Crippen LogP contribution is -2.25. The normalized spacial score (nSPS) is 11.2. The molecule has 122 valence electrons. The molecule has 0 saturated heterocycles. The molecule has 0 radical (unpaired) electrons. The monoisotopic (exact) mass is 317 g/mol. The van der Waals surface area contributed by atoms with Gasteiger partial charge in [-0.15, -0.1) is 0 Å². The lowest BCUT2D eigenvalue weighted by molar-refractivity contribution is 0.00577. The second-order valence-corrected chi connectivity index (χ2v) is 5.96. The van der Waals surface area contributed by atoms with Crippen molar-refractivity contribution in [3.8, 4) is 17.0 Å². The van der Waals surface area contributed by atoms with E-state index in [0.717, 1.165) is 0 Å². The standard InChI is InChI=1S/C18H20FNO3/c1-5-22-15-9-7-6-8-12(15)14-11-10-13(19)16(20-14)17(21)23-18(2,3)4/h6-11H,5H2,1-4H3. The van der Waals surface area contributed by atoms with Crippen molar-refractivity contribution in [1.82, 2.24) is 4.98 Å². The first-order chi connectivity index (χ1) is 10.8. The average molecular weight is 317 g/mol. The van der Waals surface area contributed by atoms with Crippen molar-refractivity contribution in [1.29, 1.82) is 0 Å². The Balaban J connectivity index is 2.43. The van der Waals surface area contributed by atoms with Gasteiger partial charge in [0.05, 0.1) is 12.3 Å². The fourth-order valence-electron chi connectivity index (χ4n) is 2.02. The van der Waals surface area contributed by atoms with E-state index in [1.807, 2.05) is 25.1 Å². The van der Waals surface area contributed by atoms with E-state index in [-0.39, 0.29) is 5.69 Å². The number of carbonyl (C=O) groups is 1. The van der Waals surface area contributed by atoms with Gasteiger partial charge in [-0.25, -0.2) is 14.2 Å². The van der Waals surface area contributed by atoms with Crippen molar-refractivity contribution < 1.29 is 18.7 Å². The van der Waals surface area contributed by atoms with E-state index >= 15 is 0 Å². The van der Waals surface area contributed by atoms with Crippen molar-refractivity contribution in [2.24, 2.45) is 0 Å². The number of hydrogen-bond acceptors (Lipinski definition) is 4. The Kier molecular flexibility index (Phi) is 4.98. The van der Waals surface area contributed by atoms with Gasteiger partial charge in [-0.05, 0) is 52.0 Å². The predicted octanol–water partition coefficient (Wildman–Crippen LogP) is 4.24. The molecule has 0 amide bonds. The summed E-state index contributed by atoms with van der Waals surface area (Å²) in [6.45, 7) is 7.53. The number of ether oxygens (including phenoxy) is 2. The molecule has 0 fully saturated rings. The van der Waals surface area contributed by atoms with Crippen LogP contribution < -0.4 is 4.74 Å². The van der Waals surface area contributed by atoms with E-state index in [1.165, 1.54) is 12.1 Å². The van der Waals surface area contributed by atoms with Crippen molar-refractivity contribution >= 4 is 5.97 Å². The third kappa shape index (κ3) is 4.28. The van der Waals surface area contributed by atoms with E-state index in [9.17, 15) is 9.18 Å². The molecule has 0 aliphatic rings. The van der Waals surface area contributed by atoms with Crippen molar-refractivity contribution in [2.45, 2.75) is 33.3 Å². The molecule has 0 aliphatic carbocycles. The second kappa shape index (κ2) is 6.77. The quantitative estimate of drug-likeness (QED) is 0.791. The first-order valence-electron chi connectivity index (χ1n) is 7.44. The molecule has 0 spiro atoms. The van der Waals surface area contributed by atoms with Crippen LogP contribution in [0.5, 0.6) is 5.75 Å². The van der Waals surface area contributed by atoms with E-state index in [1.54, 1.807) is 26.8 Å². The van der Waals surface area contributed by atoms with Crippen LogP contribution in [0, 0.1) is 5.82 Å². The summed E-state index contributed by atoms with van der Waals surface area (Å²) in [6, 6.07) is 10.0. The minimum atomic E-state index is -0.786. The number of halogens is 1. The minimum absolute atomic E-state index is 0.330. The first-order valence-corrected chi connectivity index (χ1v) is 7.44. The highest BCUT2D eigenvalue weighted by molar-refractivity contribution is 5.88. The number of rotatable bonds is 4. The van der Waals surface area contributed by atoms with Crippen LogP contribution in [0.4, 0.5) is 4.39 Å². The number of hydrogen-bond donors (Lipinski definition) is 0. The zero-order chi connectivity index (χ0) is 17.0. The molecule has 0 aliphatic heterocycles. The van der Waals surface area contributed by atoms with E-state index < -0.39 is 17.4 Å². The SMILES string of the molecule is CCOc1ccccc1-c1ccc(F)c(C(=O)OC(C)(C)C)n1. The highest BCUT2D eigenvalue weighted by Crippen LogP contribution is 2.29. The smallest absolute Gasteiger partial charge is 0.360 e. The molecule has 5 heteroatoms. The summed E-state index contributed by atoms with van der Waals surface area (Å²) >= 11 is 0. The minimum Gasteiger partial charge on any atom is -0.493 e. The van der Waals surface area contributed by atoms with Crippen LogP contribution >= 0.6 is 0 Å². The van der Waals surface area contributed by atoms with Gasteiger partial charge in [0.15, 0.2) is 11.5 Å². The van der Waals surface area contributed by atoms with E-state index in [0.29, 0.717) is 23.6 Å². The Hall–Kier alpha value is -2.43. The fourth-order valence-corrected chi connectivity index (χ4v) is 2.02. The molecule has 0 saturated carbocycles. The number of para-hydroxylation sites is 1. The van der Waals surface area contributed by atoms with E-state index in [2.05, 4.69) is 4.98 Å². The molecule has 0 atom stereocenters. The van der Waals surface area contributed by atoms with Gasteiger partial charge in [-0.2, -0.15) is 0 Å². The summed E-state index contributed by atoms with van der Waals surface area (Å²) in [5.74, 6) is -0.869. The fraction of sp³-hybridized carbons (Fsp3) is 0.333. The van der Waals surface area contributed by atoms with Crippen LogP contribution in [0.15, 0.2) is 36.4 Å². The lowest BCUT2D eigenvalue weighted by Gasteiger charge is -2.19. The van der Waals surface area contributed by atoms with Crippen LogP contribution in [0.2, 0.25) is 0 Å². The number of esters is 1. The van der Waals surface area contributed by atoms with Gasteiger partial charge in [-0.1, -0.05) is 12.1 Å². The maximum atomic E-state index is 14.0. The molecular formula is C18H20FNO3. The maximum absolute atomic E-state index is 14.0. The summed E-state index contributed by atoms with van der Waals surface area (Å²) < 4.78 is 24.7. The van der Waals surface area contributed by atoms with Crippen LogP contribution in [-0.4, -0.2) is 23.2 Å². The molecule has 2 rings (SSSR count). The van der Waals surface area contributed by atoms with Crippen molar-refractivity contribution in [2.75, 3.05) is 6.61 Å². The Morgan fingerprint density at radius 3 is 2.52 bits per heavy atom. The zero-order valence-electron chi connectivity index (χ0n) is 13.7. The second-order valence-electron chi connectivity index (χ2n) is 5.96. The summed E-state index contributed by atoms with van der Waals surface area (Å²) in [5, 5.41) is 0. The lowest BCUT2D eigenvalue weighted by atomic mass is 10.1.